The third kappa shape index (κ3) is 4.72. The molecule has 0 bridgehead atoms. The van der Waals surface area contributed by atoms with Crippen LogP contribution in [-0.2, 0) is 4.74 Å². The summed E-state index contributed by atoms with van der Waals surface area (Å²) >= 11 is 12.3. The highest BCUT2D eigenvalue weighted by Gasteiger charge is 2.17. The highest BCUT2D eigenvalue weighted by molar-refractivity contribution is 6.31. The smallest absolute Gasteiger partial charge is 0.109 e. The molecule has 0 radical (unpaired) electrons. The summed E-state index contributed by atoms with van der Waals surface area (Å²) in [7, 11) is 4.05. The van der Waals surface area contributed by atoms with E-state index in [9.17, 15) is 0 Å². The Labute approximate surface area is 136 Å². The number of hydrogen-bond acceptors (Lipinski definition) is 2. The number of rotatable bonds is 6. The van der Waals surface area contributed by atoms with Crippen LogP contribution >= 0.6 is 23.2 Å². The molecule has 0 spiro atoms. The van der Waals surface area contributed by atoms with Gasteiger partial charge in [-0.1, -0.05) is 53.5 Å². The van der Waals surface area contributed by atoms with Gasteiger partial charge < -0.3 is 9.64 Å². The molecule has 2 rings (SSSR count). The van der Waals surface area contributed by atoms with Crippen LogP contribution in [-0.4, -0.2) is 32.1 Å². The second-order valence-electron chi connectivity index (χ2n) is 5.13. The molecule has 0 aromatic heterocycles. The zero-order chi connectivity index (χ0) is 15.2. The van der Waals surface area contributed by atoms with Gasteiger partial charge >= 0.3 is 0 Å². The van der Waals surface area contributed by atoms with Gasteiger partial charge in [-0.3, -0.25) is 0 Å². The molecule has 0 heterocycles. The van der Waals surface area contributed by atoms with Gasteiger partial charge in [-0.15, -0.1) is 0 Å². The van der Waals surface area contributed by atoms with Crippen molar-refractivity contribution >= 4 is 23.2 Å². The van der Waals surface area contributed by atoms with E-state index in [1.165, 1.54) is 0 Å². The molecule has 4 heteroatoms. The van der Waals surface area contributed by atoms with Crippen LogP contribution in [0.3, 0.4) is 0 Å². The molecule has 0 saturated carbocycles. The Kier molecular flexibility index (Phi) is 6.07. The minimum Gasteiger partial charge on any atom is -0.367 e. The Hall–Kier alpha value is -1.06. The number of hydrogen-bond donors (Lipinski definition) is 0. The third-order valence-electron chi connectivity index (χ3n) is 3.18. The van der Waals surface area contributed by atoms with Crippen molar-refractivity contribution in [2.24, 2.45) is 0 Å². The lowest BCUT2D eigenvalue weighted by Crippen LogP contribution is -2.20. The summed E-state index contributed by atoms with van der Waals surface area (Å²) in [6.07, 6.45) is -0.184. The molecule has 2 aromatic carbocycles. The number of likely N-dealkylation sites (N-methyl/N-ethyl adjacent to an activating group) is 1. The second-order valence-corrected chi connectivity index (χ2v) is 5.97. The summed E-state index contributed by atoms with van der Waals surface area (Å²) in [4.78, 5) is 2.09. The van der Waals surface area contributed by atoms with Crippen LogP contribution in [0.15, 0.2) is 48.5 Å². The predicted octanol–water partition coefficient (Wildman–Crippen LogP) is 4.66. The fourth-order valence-corrected chi connectivity index (χ4v) is 2.40. The Balaban J connectivity index is 2.26. The number of ether oxygens (including phenoxy) is 1. The van der Waals surface area contributed by atoms with Crippen molar-refractivity contribution in [1.29, 1.82) is 0 Å². The maximum absolute atomic E-state index is 6.33. The molecule has 2 aromatic rings. The molecule has 0 aliphatic carbocycles. The van der Waals surface area contributed by atoms with Gasteiger partial charge in [0.1, 0.15) is 6.10 Å². The van der Waals surface area contributed by atoms with E-state index in [4.69, 9.17) is 27.9 Å². The van der Waals surface area contributed by atoms with Crippen molar-refractivity contribution in [3.05, 3.63) is 69.7 Å². The van der Waals surface area contributed by atoms with Crippen molar-refractivity contribution in [2.75, 3.05) is 27.2 Å². The minimum atomic E-state index is -0.184. The molecule has 0 amide bonds. The Morgan fingerprint density at radius 3 is 2.29 bits per heavy atom. The van der Waals surface area contributed by atoms with Gasteiger partial charge in [-0.2, -0.15) is 0 Å². The molecule has 0 fully saturated rings. The lowest BCUT2D eigenvalue weighted by Gasteiger charge is -2.21. The maximum Gasteiger partial charge on any atom is 0.109 e. The van der Waals surface area contributed by atoms with Gasteiger partial charge in [0, 0.05) is 22.2 Å². The average Bonchev–Trinajstić information content (AvgIpc) is 2.46. The van der Waals surface area contributed by atoms with Gasteiger partial charge in [0.05, 0.1) is 6.61 Å². The molecule has 0 aliphatic heterocycles. The van der Waals surface area contributed by atoms with Gasteiger partial charge in [0.15, 0.2) is 0 Å². The van der Waals surface area contributed by atoms with Gasteiger partial charge in [0.25, 0.3) is 0 Å². The molecular formula is C17H19Cl2NO. The number of benzene rings is 2. The summed E-state index contributed by atoms with van der Waals surface area (Å²) in [5.41, 5.74) is 2.02. The first kappa shape index (κ1) is 16.3. The Morgan fingerprint density at radius 2 is 1.67 bits per heavy atom. The summed E-state index contributed by atoms with van der Waals surface area (Å²) in [6, 6.07) is 15.5. The highest BCUT2D eigenvalue weighted by atomic mass is 35.5. The molecule has 1 unspecified atom stereocenters. The quantitative estimate of drug-likeness (QED) is 0.766. The lowest BCUT2D eigenvalue weighted by molar-refractivity contribution is 0.0688. The highest BCUT2D eigenvalue weighted by Crippen LogP contribution is 2.31. The van der Waals surface area contributed by atoms with Gasteiger partial charge in [-0.05, 0) is 37.9 Å². The summed E-state index contributed by atoms with van der Waals surface area (Å²) in [6.45, 7) is 1.49. The van der Waals surface area contributed by atoms with Crippen LogP contribution < -0.4 is 0 Å². The maximum atomic E-state index is 6.33. The zero-order valence-electron chi connectivity index (χ0n) is 12.2. The van der Waals surface area contributed by atoms with Crippen molar-refractivity contribution in [2.45, 2.75) is 6.10 Å². The SMILES string of the molecule is CN(C)CCOC(c1ccc(Cl)cc1)c1ccccc1Cl. The van der Waals surface area contributed by atoms with Crippen molar-refractivity contribution in [3.8, 4) is 0 Å². The van der Waals surface area contributed by atoms with Crippen molar-refractivity contribution in [1.82, 2.24) is 4.90 Å². The van der Waals surface area contributed by atoms with E-state index in [-0.39, 0.29) is 6.10 Å². The molecule has 21 heavy (non-hydrogen) atoms. The Morgan fingerprint density at radius 1 is 1.00 bits per heavy atom. The van der Waals surface area contributed by atoms with Crippen LogP contribution in [0.4, 0.5) is 0 Å². The monoisotopic (exact) mass is 323 g/mol. The average molecular weight is 324 g/mol. The fraction of sp³-hybridized carbons (Fsp3) is 0.294. The Bertz CT molecular complexity index is 569. The predicted molar refractivity (Wildman–Crippen MR) is 89.3 cm³/mol. The standard InChI is InChI=1S/C17H19Cl2NO/c1-20(2)11-12-21-17(13-7-9-14(18)10-8-13)15-5-3-4-6-16(15)19/h3-10,17H,11-12H2,1-2H3. The molecule has 0 saturated heterocycles. The third-order valence-corrected chi connectivity index (χ3v) is 3.78. The van der Waals surface area contributed by atoms with E-state index in [0.717, 1.165) is 17.7 Å². The first-order chi connectivity index (χ1) is 10.1. The summed E-state index contributed by atoms with van der Waals surface area (Å²) < 4.78 is 6.08. The molecule has 0 N–H and O–H groups in total. The summed E-state index contributed by atoms with van der Waals surface area (Å²) in [5, 5.41) is 1.42. The first-order valence-electron chi connectivity index (χ1n) is 6.84. The zero-order valence-corrected chi connectivity index (χ0v) is 13.7. The van der Waals surface area contributed by atoms with E-state index < -0.39 is 0 Å². The topological polar surface area (TPSA) is 12.5 Å². The van der Waals surface area contributed by atoms with E-state index in [1.54, 1.807) is 0 Å². The number of halogens is 2. The first-order valence-corrected chi connectivity index (χ1v) is 7.59. The second kappa shape index (κ2) is 7.81. The minimum absolute atomic E-state index is 0.184. The fourth-order valence-electron chi connectivity index (χ4n) is 2.04. The van der Waals surface area contributed by atoms with Gasteiger partial charge in [-0.25, -0.2) is 0 Å². The van der Waals surface area contributed by atoms with Gasteiger partial charge in [0.2, 0.25) is 0 Å². The summed E-state index contributed by atoms with van der Waals surface area (Å²) in [5.74, 6) is 0. The van der Waals surface area contributed by atoms with E-state index in [0.29, 0.717) is 16.7 Å². The van der Waals surface area contributed by atoms with Crippen LogP contribution in [0.2, 0.25) is 10.0 Å². The molecule has 1 atom stereocenters. The normalized spacial score (nSPS) is 12.6. The molecule has 0 aliphatic rings. The van der Waals surface area contributed by atoms with Crippen LogP contribution in [0.25, 0.3) is 0 Å². The van der Waals surface area contributed by atoms with E-state index in [2.05, 4.69) is 4.90 Å². The van der Waals surface area contributed by atoms with Crippen LogP contribution in [0.5, 0.6) is 0 Å². The van der Waals surface area contributed by atoms with Crippen molar-refractivity contribution < 1.29 is 4.74 Å². The molecular weight excluding hydrogens is 305 g/mol. The molecule has 2 nitrogen and oxygen atoms in total. The van der Waals surface area contributed by atoms with E-state index >= 15 is 0 Å². The molecule has 112 valence electrons. The number of nitrogens with zero attached hydrogens (tertiary/aromatic N) is 1. The largest absolute Gasteiger partial charge is 0.367 e. The van der Waals surface area contributed by atoms with Crippen LogP contribution in [0, 0.1) is 0 Å². The van der Waals surface area contributed by atoms with Crippen LogP contribution in [0.1, 0.15) is 17.2 Å². The van der Waals surface area contributed by atoms with E-state index in [1.807, 2.05) is 62.6 Å². The van der Waals surface area contributed by atoms with Crippen molar-refractivity contribution in [3.63, 3.8) is 0 Å². The lowest BCUT2D eigenvalue weighted by atomic mass is 10.0.